The number of hydrogen-bond acceptors (Lipinski definition) is 4. The van der Waals surface area contributed by atoms with Crippen LogP contribution in [-0.4, -0.2) is 25.4 Å². The van der Waals surface area contributed by atoms with Crippen LogP contribution in [0.25, 0.3) is 0 Å². The molecule has 198 valence electrons. The molecule has 0 radical (unpaired) electrons. The first-order valence-corrected chi connectivity index (χ1v) is 13.1. The molecule has 3 rings (SSSR count). The van der Waals surface area contributed by atoms with Crippen molar-refractivity contribution < 1.29 is 30.6 Å². The van der Waals surface area contributed by atoms with Crippen molar-refractivity contribution in [3.63, 3.8) is 0 Å². The maximum atomic E-state index is 13.2. The van der Waals surface area contributed by atoms with E-state index in [0.717, 1.165) is 29.3 Å². The minimum atomic E-state index is -4.69. The molecular formula is C27H29F3N2O4S. The van der Waals surface area contributed by atoms with Crippen molar-refractivity contribution in [1.29, 1.82) is 0 Å². The van der Waals surface area contributed by atoms with Gasteiger partial charge < -0.3 is 14.4 Å². The highest BCUT2D eigenvalue weighted by atomic mass is 32.2. The topological polar surface area (TPSA) is 75.7 Å². The highest BCUT2D eigenvalue weighted by molar-refractivity contribution is 7.87. The van der Waals surface area contributed by atoms with Crippen LogP contribution in [0.1, 0.15) is 42.5 Å². The average molecular weight is 535 g/mol. The van der Waals surface area contributed by atoms with Crippen LogP contribution < -0.4 is 9.50 Å². The van der Waals surface area contributed by atoms with Crippen LogP contribution in [0.15, 0.2) is 71.6 Å². The summed E-state index contributed by atoms with van der Waals surface area (Å²) >= 11 is 0. The van der Waals surface area contributed by atoms with Crippen LogP contribution in [0, 0.1) is 13.8 Å². The first-order valence-electron chi connectivity index (χ1n) is 11.7. The molecule has 0 aliphatic heterocycles. The Hall–Kier alpha value is -3.53. The molecule has 0 heterocycles. The van der Waals surface area contributed by atoms with E-state index >= 15 is 0 Å². The number of rotatable bonds is 8. The number of hydrogen-bond donors (Lipinski definition) is 1. The highest BCUT2D eigenvalue weighted by Gasteiger charge is 2.32. The minimum Gasteiger partial charge on any atom is -0.379 e. The lowest BCUT2D eigenvalue weighted by Gasteiger charge is -2.29. The van der Waals surface area contributed by atoms with Gasteiger partial charge in [0.1, 0.15) is 10.6 Å². The predicted molar refractivity (Wildman–Crippen MR) is 136 cm³/mol. The maximum Gasteiger partial charge on any atom is 0.416 e. The van der Waals surface area contributed by atoms with E-state index in [2.05, 4.69) is 5.32 Å². The maximum absolute atomic E-state index is 13.2. The van der Waals surface area contributed by atoms with Gasteiger partial charge in [-0.3, -0.25) is 0 Å². The smallest absolute Gasteiger partial charge is 0.379 e. The van der Waals surface area contributed by atoms with Gasteiger partial charge >= 0.3 is 22.3 Å². The Labute approximate surface area is 215 Å². The van der Waals surface area contributed by atoms with Crippen molar-refractivity contribution in [2.24, 2.45) is 0 Å². The van der Waals surface area contributed by atoms with E-state index in [1.165, 1.54) is 12.1 Å². The van der Waals surface area contributed by atoms with Crippen molar-refractivity contribution in [3.05, 3.63) is 89.0 Å². The SMILES string of the molecule is CC[C@H](C)N(Cc1cccc(OS(=O)(=O)c2cccc(C(F)(F)F)c2)c1)C(=O)Nc1ccc(C)cc1C. The lowest BCUT2D eigenvalue weighted by atomic mass is 10.1. The average Bonchev–Trinajstić information content (AvgIpc) is 2.83. The molecule has 0 aliphatic rings. The lowest BCUT2D eigenvalue weighted by molar-refractivity contribution is -0.137. The van der Waals surface area contributed by atoms with E-state index in [0.29, 0.717) is 23.7 Å². The summed E-state index contributed by atoms with van der Waals surface area (Å²) < 4.78 is 69.5. The van der Waals surface area contributed by atoms with Crippen LogP contribution in [0.2, 0.25) is 0 Å². The summed E-state index contributed by atoms with van der Waals surface area (Å²) in [7, 11) is -4.52. The number of aryl methyl sites for hydroxylation is 2. The number of anilines is 1. The summed E-state index contributed by atoms with van der Waals surface area (Å²) in [5.74, 6) is -0.0752. The van der Waals surface area contributed by atoms with Gasteiger partial charge in [0.25, 0.3) is 0 Å². The van der Waals surface area contributed by atoms with Crippen molar-refractivity contribution >= 4 is 21.8 Å². The summed E-state index contributed by atoms with van der Waals surface area (Å²) in [6, 6.07) is 14.7. The number of carbonyl (C=O) groups excluding carboxylic acids is 1. The molecule has 0 fully saturated rings. The molecular weight excluding hydrogens is 505 g/mol. The molecule has 0 aromatic heterocycles. The number of carbonyl (C=O) groups is 1. The fraction of sp³-hybridized carbons (Fsp3) is 0.296. The van der Waals surface area contributed by atoms with E-state index in [9.17, 15) is 26.4 Å². The second-order valence-electron chi connectivity index (χ2n) is 8.84. The van der Waals surface area contributed by atoms with Crippen molar-refractivity contribution in [1.82, 2.24) is 4.90 Å². The van der Waals surface area contributed by atoms with E-state index in [1.54, 1.807) is 17.0 Å². The van der Waals surface area contributed by atoms with Crippen molar-refractivity contribution in [2.75, 3.05) is 5.32 Å². The summed E-state index contributed by atoms with van der Waals surface area (Å²) in [5.41, 5.74) is 2.18. The van der Waals surface area contributed by atoms with Crippen molar-refractivity contribution in [3.8, 4) is 5.75 Å². The fourth-order valence-electron chi connectivity index (χ4n) is 3.68. The van der Waals surface area contributed by atoms with Gasteiger partial charge in [-0.2, -0.15) is 21.6 Å². The fourth-order valence-corrected chi connectivity index (χ4v) is 4.65. The zero-order chi connectivity index (χ0) is 27.4. The molecule has 2 amide bonds. The van der Waals surface area contributed by atoms with Crippen LogP contribution in [0.5, 0.6) is 5.75 Å². The van der Waals surface area contributed by atoms with E-state index in [-0.39, 0.29) is 24.4 Å². The monoisotopic (exact) mass is 534 g/mol. The largest absolute Gasteiger partial charge is 0.416 e. The van der Waals surface area contributed by atoms with Gasteiger partial charge in [0, 0.05) is 18.3 Å². The molecule has 37 heavy (non-hydrogen) atoms. The molecule has 1 atom stereocenters. The molecule has 3 aromatic carbocycles. The van der Waals surface area contributed by atoms with Crippen LogP contribution in [0.4, 0.5) is 23.7 Å². The second kappa shape index (κ2) is 11.2. The Morgan fingerprint density at radius 2 is 1.73 bits per heavy atom. The predicted octanol–water partition coefficient (Wildman–Crippen LogP) is 6.92. The number of halogens is 3. The lowest BCUT2D eigenvalue weighted by Crippen LogP contribution is -2.40. The summed E-state index contributed by atoms with van der Waals surface area (Å²) in [5, 5.41) is 2.93. The third kappa shape index (κ3) is 7.25. The van der Waals surface area contributed by atoms with Gasteiger partial charge in [0.05, 0.1) is 5.56 Å². The number of alkyl halides is 3. The number of nitrogens with one attached hydrogen (secondary N) is 1. The standard InChI is InChI=1S/C27H29F3N2O4S/c1-5-20(4)32(26(33)31-25-13-12-18(2)14-19(25)3)17-21-8-6-10-23(15-21)36-37(34,35)24-11-7-9-22(16-24)27(28,29)30/h6-16,20H,5,17H2,1-4H3,(H,31,33)/t20-/m0/s1. The zero-order valence-electron chi connectivity index (χ0n) is 21.0. The first-order chi connectivity index (χ1) is 17.3. The van der Waals surface area contributed by atoms with Crippen LogP contribution in [0.3, 0.4) is 0 Å². The molecule has 0 aliphatic carbocycles. The third-order valence-corrected chi connectivity index (χ3v) is 7.16. The summed E-state index contributed by atoms with van der Waals surface area (Å²) in [4.78, 5) is 14.2. The van der Waals surface area contributed by atoms with Gasteiger partial charge in [0.2, 0.25) is 0 Å². The van der Waals surface area contributed by atoms with Gasteiger partial charge in [-0.15, -0.1) is 0 Å². The number of amides is 2. The molecule has 10 heteroatoms. The molecule has 1 N–H and O–H groups in total. The van der Waals surface area contributed by atoms with E-state index in [4.69, 9.17) is 4.18 Å². The van der Waals surface area contributed by atoms with Gasteiger partial charge in [-0.1, -0.05) is 42.8 Å². The summed E-state index contributed by atoms with van der Waals surface area (Å²) in [6.07, 6.45) is -4.01. The van der Waals surface area contributed by atoms with E-state index < -0.39 is 26.8 Å². The zero-order valence-corrected chi connectivity index (χ0v) is 21.8. The van der Waals surface area contributed by atoms with E-state index in [1.807, 2.05) is 45.9 Å². The highest BCUT2D eigenvalue weighted by Crippen LogP contribution is 2.31. The van der Waals surface area contributed by atoms with Gasteiger partial charge in [-0.05, 0) is 74.7 Å². The molecule has 3 aromatic rings. The summed E-state index contributed by atoms with van der Waals surface area (Å²) in [6.45, 7) is 7.88. The van der Waals surface area contributed by atoms with Crippen molar-refractivity contribution in [2.45, 2.75) is 57.8 Å². The number of benzene rings is 3. The quantitative estimate of drug-likeness (QED) is 0.318. The Kier molecular flexibility index (Phi) is 8.53. The Balaban J connectivity index is 1.81. The Bertz CT molecular complexity index is 1370. The van der Waals surface area contributed by atoms with Crippen LogP contribution >= 0.6 is 0 Å². The molecule has 0 saturated carbocycles. The molecule has 6 nitrogen and oxygen atoms in total. The van der Waals surface area contributed by atoms with Gasteiger partial charge in [-0.25, -0.2) is 4.79 Å². The minimum absolute atomic E-state index is 0.0752. The normalized spacial score (nSPS) is 12.6. The number of urea groups is 1. The first kappa shape index (κ1) is 28.0. The molecule has 0 unspecified atom stereocenters. The second-order valence-corrected chi connectivity index (χ2v) is 10.4. The molecule has 0 bridgehead atoms. The van der Waals surface area contributed by atoms with Crippen LogP contribution in [-0.2, 0) is 22.8 Å². The Morgan fingerprint density at radius 1 is 1.03 bits per heavy atom. The molecule has 0 spiro atoms. The number of nitrogens with zero attached hydrogens (tertiary/aromatic N) is 1. The molecule has 0 saturated heterocycles. The third-order valence-electron chi connectivity index (χ3n) is 5.91. The Morgan fingerprint density at radius 3 is 2.38 bits per heavy atom. The van der Waals surface area contributed by atoms with Gasteiger partial charge in [0.15, 0.2) is 0 Å².